The molecular formula is C14H16N2O2S. The molecule has 0 unspecified atom stereocenters. The zero-order valence-electron chi connectivity index (χ0n) is 10.7. The van der Waals surface area contributed by atoms with Gasteiger partial charge < -0.3 is 5.32 Å². The first-order chi connectivity index (χ1) is 9.07. The summed E-state index contributed by atoms with van der Waals surface area (Å²) in [5.74, 6) is 0.418. The van der Waals surface area contributed by atoms with Gasteiger partial charge in [0.25, 0.3) is 0 Å². The minimum absolute atomic E-state index is 0.239. The number of nitrogens with one attached hydrogen (secondary N) is 1. The average molecular weight is 276 g/mol. The van der Waals surface area contributed by atoms with E-state index in [1.54, 1.807) is 18.3 Å². The molecule has 0 amide bonds. The molecule has 0 radical (unpaired) electrons. The van der Waals surface area contributed by atoms with Crippen LogP contribution in [0.5, 0.6) is 0 Å². The summed E-state index contributed by atoms with van der Waals surface area (Å²) < 4.78 is 23.2. The number of hydrogen-bond donors (Lipinski definition) is 1. The maximum absolute atomic E-state index is 11.6. The number of sulfone groups is 1. The molecule has 100 valence electrons. The van der Waals surface area contributed by atoms with Crippen LogP contribution in [0.2, 0.25) is 0 Å². The molecule has 0 spiro atoms. The topological polar surface area (TPSA) is 59.1 Å². The van der Waals surface area contributed by atoms with Gasteiger partial charge in [-0.15, -0.1) is 0 Å². The highest BCUT2D eigenvalue weighted by Gasteiger charge is 2.13. The van der Waals surface area contributed by atoms with Crippen molar-refractivity contribution in [2.45, 2.75) is 11.3 Å². The Kier molecular flexibility index (Phi) is 4.16. The maximum atomic E-state index is 11.6. The summed E-state index contributed by atoms with van der Waals surface area (Å²) in [7, 11) is -3.25. The molecule has 0 bridgehead atoms. The lowest BCUT2D eigenvalue weighted by atomic mass is 10.1. The van der Waals surface area contributed by atoms with E-state index in [-0.39, 0.29) is 4.90 Å². The van der Waals surface area contributed by atoms with Crippen molar-refractivity contribution in [1.29, 1.82) is 0 Å². The lowest BCUT2D eigenvalue weighted by Crippen LogP contribution is -2.10. The van der Waals surface area contributed by atoms with Crippen LogP contribution in [0.3, 0.4) is 0 Å². The molecule has 1 aromatic carbocycles. The van der Waals surface area contributed by atoms with Crippen LogP contribution >= 0.6 is 0 Å². The van der Waals surface area contributed by atoms with Crippen molar-refractivity contribution in [3.8, 4) is 0 Å². The smallest absolute Gasteiger partial charge is 0.179 e. The van der Waals surface area contributed by atoms with Gasteiger partial charge in [-0.2, -0.15) is 0 Å². The van der Waals surface area contributed by atoms with Crippen molar-refractivity contribution in [2.24, 2.45) is 0 Å². The molecule has 2 rings (SSSR count). The van der Waals surface area contributed by atoms with E-state index in [2.05, 4.69) is 10.3 Å². The summed E-state index contributed by atoms with van der Waals surface area (Å²) >= 11 is 0. The highest BCUT2D eigenvalue weighted by atomic mass is 32.2. The molecular weight excluding hydrogens is 260 g/mol. The van der Waals surface area contributed by atoms with Crippen molar-refractivity contribution in [3.63, 3.8) is 0 Å². The van der Waals surface area contributed by atoms with Gasteiger partial charge in [-0.25, -0.2) is 13.4 Å². The molecule has 0 fully saturated rings. The van der Waals surface area contributed by atoms with Crippen LogP contribution in [0.25, 0.3) is 0 Å². The Bertz CT molecular complexity index is 640. The molecule has 0 aliphatic rings. The van der Waals surface area contributed by atoms with E-state index < -0.39 is 9.84 Å². The van der Waals surface area contributed by atoms with E-state index in [1.165, 1.54) is 11.8 Å². The predicted molar refractivity (Wildman–Crippen MR) is 76.0 cm³/mol. The predicted octanol–water partition coefficient (Wildman–Crippen LogP) is 2.14. The van der Waals surface area contributed by atoms with Gasteiger partial charge in [-0.1, -0.05) is 30.3 Å². The van der Waals surface area contributed by atoms with Crippen LogP contribution in [0.1, 0.15) is 5.56 Å². The van der Waals surface area contributed by atoms with Gasteiger partial charge in [0.15, 0.2) is 9.84 Å². The highest BCUT2D eigenvalue weighted by Crippen LogP contribution is 2.17. The SMILES string of the molecule is CS(=O)(=O)c1cccnc1NCCc1ccccc1. The number of pyridine rings is 1. The van der Waals surface area contributed by atoms with Gasteiger partial charge in [0, 0.05) is 19.0 Å². The van der Waals surface area contributed by atoms with E-state index in [0.29, 0.717) is 12.4 Å². The Morgan fingerprint density at radius 3 is 2.53 bits per heavy atom. The third-order valence-corrected chi connectivity index (χ3v) is 3.85. The highest BCUT2D eigenvalue weighted by molar-refractivity contribution is 7.90. The Morgan fingerprint density at radius 2 is 1.84 bits per heavy atom. The van der Waals surface area contributed by atoms with E-state index in [4.69, 9.17) is 0 Å². The number of aromatic nitrogens is 1. The lowest BCUT2D eigenvalue weighted by Gasteiger charge is -2.09. The fraction of sp³-hybridized carbons (Fsp3) is 0.214. The first-order valence-electron chi connectivity index (χ1n) is 6.00. The normalized spacial score (nSPS) is 11.2. The number of benzene rings is 1. The van der Waals surface area contributed by atoms with Crippen molar-refractivity contribution in [1.82, 2.24) is 4.98 Å². The molecule has 0 saturated carbocycles. The number of nitrogens with zero attached hydrogens (tertiary/aromatic N) is 1. The Balaban J connectivity index is 2.05. The van der Waals surface area contributed by atoms with Gasteiger partial charge in [-0.05, 0) is 24.1 Å². The second-order valence-corrected chi connectivity index (χ2v) is 6.27. The zero-order chi connectivity index (χ0) is 13.7. The van der Waals surface area contributed by atoms with Crippen LogP contribution < -0.4 is 5.32 Å². The largest absolute Gasteiger partial charge is 0.369 e. The molecule has 2 aromatic rings. The van der Waals surface area contributed by atoms with Crippen LogP contribution in [-0.2, 0) is 16.3 Å². The third kappa shape index (κ3) is 3.79. The maximum Gasteiger partial charge on any atom is 0.179 e. The molecule has 0 aliphatic heterocycles. The van der Waals surface area contributed by atoms with Crippen LogP contribution in [-0.4, -0.2) is 26.2 Å². The Hall–Kier alpha value is -1.88. The fourth-order valence-electron chi connectivity index (χ4n) is 1.79. The summed E-state index contributed by atoms with van der Waals surface area (Å²) in [6.45, 7) is 0.642. The van der Waals surface area contributed by atoms with Crippen molar-refractivity contribution in [3.05, 3.63) is 54.2 Å². The fourth-order valence-corrected chi connectivity index (χ4v) is 2.59. The van der Waals surface area contributed by atoms with Gasteiger partial charge >= 0.3 is 0 Å². The minimum Gasteiger partial charge on any atom is -0.369 e. The monoisotopic (exact) mass is 276 g/mol. The molecule has 1 aromatic heterocycles. The van der Waals surface area contributed by atoms with Gasteiger partial charge in [0.2, 0.25) is 0 Å². The standard InChI is InChI=1S/C14H16N2O2S/c1-19(17,18)13-8-5-10-15-14(13)16-11-9-12-6-3-2-4-7-12/h2-8,10H,9,11H2,1H3,(H,15,16). The third-order valence-electron chi connectivity index (χ3n) is 2.72. The minimum atomic E-state index is -3.25. The molecule has 19 heavy (non-hydrogen) atoms. The van der Waals surface area contributed by atoms with E-state index in [1.807, 2.05) is 30.3 Å². The summed E-state index contributed by atoms with van der Waals surface area (Å²) in [6.07, 6.45) is 3.59. The first-order valence-corrected chi connectivity index (χ1v) is 7.89. The summed E-state index contributed by atoms with van der Waals surface area (Å²) in [4.78, 5) is 4.33. The molecule has 5 heteroatoms. The molecule has 0 atom stereocenters. The Morgan fingerprint density at radius 1 is 1.11 bits per heavy atom. The summed E-state index contributed by atoms with van der Waals surface area (Å²) in [5, 5.41) is 3.08. The molecule has 0 saturated heterocycles. The molecule has 0 aliphatic carbocycles. The van der Waals surface area contributed by atoms with Gasteiger partial charge in [-0.3, -0.25) is 0 Å². The summed E-state index contributed by atoms with van der Waals surface area (Å²) in [6, 6.07) is 13.2. The second kappa shape index (κ2) is 5.84. The average Bonchev–Trinajstić information content (AvgIpc) is 2.39. The lowest BCUT2D eigenvalue weighted by molar-refractivity contribution is 0.602. The van der Waals surface area contributed by atoms with E-state index in [0.717, 1.165) is 6.42 Å². The summed E-state index contributed by atoms with van der Waals surface area (Å²) in [5.41, 5.74) is 1.20. The van der Waals surface area contributed by atoms with Crippen LogP contribution in [0.15, 0.2) is 53.6 Å². The van der Waals surface area contributed by atoms with Gasteiger partial charge in [0.1, 0.15) is 10.7 Å². The Labute approximate surface area is 113 Å². The van der Waals surface area contributed by atoms with Gasteiger partial charge in [0.05, 0.1) is 0 Å². The second-order valence-electron chi connectivity index (χ2n) is 4.28. The zero-order valence-corrected chi connectivity index (χ0v) is 11.5. The van der Waals surface area contributed by atoms with Crippen molar-refractivity contribution >= 4 is 15.7 Å². The number of hydrogen-bond acceptors (Lipinski definition) is 4. The number of rotatable bonds is 5. The van der Waals surface area contributed by atoms with E-state index >= 15 is 0 Å². The first kappa shape index (κ1) is 13.5. The molecule has 1 N–H and O–H groups in total. The van der Waals surface area contributed by atoms with Crippen LogP contribution in [0.4, 0.5) is 5.82 Å². The molecule has 1 heterocycles. The van der Waals surface area contributed by atoms with E-state index in [9.17, 15) is 8.42 Å². The number of anilines is 1. The quantitative estimate of drug-likeness (QED) is 0.909. The van der Waals surface area contributed by atoms with Crippen LogP contribution in [0, 0.1) is 0 Å². The van der Waals surface area contributed by atoms with Crippen molar-refractivity contribution < 1.29 is 8.42 Å². The molecule has 4 nitrogen and oxygen atoms in total. The van der Waals surface area contributed by atoms with Crippen molar-refractivity contribution in [2.75, 3.05) is 18.1 Å².